The van der Waals surface area contributed by atoms with Gasteiger partial charge >= 0.3 is 0 Å². The Balaban J connectivity index is 0.00000192. The van der Waals surface area contributed by atoms with Crippen LogP contribution < -0.4 is 11.1 Å². The number of nitrogens with one attached hydrogen (secondary N) is 2. The van der Waals surface area contributed by atoms with Crippen molar-refractivity contribution in [3.8, 4) is 0 Å². The van der Waals surface area contributed by atoms with Crippen LogP contribution in [0, 0.1) is 13.8 Å². The number of nitrogens with two attached hydrogens (primary N) is 1. The predicted octanol–water partition coefficient (Wildman–Crippen LogP) is 3.72. The standard InChI is InChI=1S/C17H19N5.HI/c1-11-5-3-7-13(9-11)20-17(18)19-10-15-21-14-8-4-6-12(2)16(14)22-15;/h3-9H,10H2,1-2H3,(H,21,22)(H3,18,19,20);1H. The van der Waals surface area contributed by atoms with Crippen molar-refractivity contribution >= 4 is 46.7 Å². The van der Waals surface area contributed by atoms with Crippen molar-refractivity contribution in [1.82, 2.24) is 9.97 Å². The zero-order valence-electron chi connectivity index (χ0n) is 13.1. The number of aromatic amines is 1. The van der Waals surface area contributed by atoms with Gasteiger partial charge in [-0.2, -0.15) is 0 Å². The third kappa shape index (κ3) is 4.22. The minimum absolute atomic E-state index is 0. The van der Waals surface area contributed by atoms with Crippen molar-refractivity contribution in [1.29, 1.82) is 0 Å². The maximum atomic E-state index is 5.92. The van der Waals surface area contributed by atoms with Gasteiger partial charge < -0.3 is 16.0 Å². The average Bonchev–Trinajstić information content (AvgIpc) is 2.90. The molecule has 0 saturated carbocycles. The van der Waals surface area contributed by atoms with Crippen molar-refractivity contribution in [2.75, 3.05) is 5.32 Å². The first-order valence-electron chi connectivity index (χ1n) is 7.19. The highest BCUT2D eigenvalue weighted by Crippen LogP contribution is 2.15. The highest BCUT2D eigenvalue weighted by atomic mass is 127. The Kier molecular flexibility index (Phi) is 5.59. The lowest BCUT2D eigenvalue weighted by molar-refractivity contribution is 0.954. The van der Waals surface area contributed by atoms with Gasteiger partial charge in [-0.05, 0) is 43.2 Å². The Bertz CT molecular complexity index is 838. The van der Waals surface area contributed by atoms with Gasteiger partial charge in [0.1, 0.15) is 12.4 Å². The highest BCUT2D eigenvalue weighted by molar-refractivity contribution is 14.0. The fraction of sp³-hybridized carbons (Fsp3) is 0.176. The average molecular weight is 421 g/mol. The molecule has 23 heavy (non-hydrogen) atoms. The van der Waals surface area contributed by atoms with E-state index in [0.29, 0.717) is 12.5 Å². The molecule has 0 aliphatic carbocycles. The Hall–Kier alpha value is -2.09. The van der Waals surface area contributed by atoms with Crippen molar-refractivity contribution in [2.45, 2.75) is 20.4 Å². The zero-order chi connectivity index (χ0) is 15.5. The number of fused-ring (bicyclic) bond motifs is 1. The van der Waals surface area contributed by atoms with E-state index in [0.717, 1.165) is 28.1 Å². The quantitative estimate of drug-likeness (QED) is 0.343. The Labute approximate surface area is 152 Å². The second kappa shape index (κ2) is 7.45. The molecule has 3 rings (SSSR count). The van der Waals surface area contributed by atoms with E-state index >= 15 is 0 Å². The molecule has 0 atom stereocenters. The van der Waals surface area contributed by atoms with Crippen LogP contribution in [-0.2, 0) is 6.54 Å². The first-order valence-corrected chi connectivity index (χ1v) is 7.19. The molecule has 0 amide bonds. The maximum Gasteiger partial charge on any atom is 0.193 e. The number of H-pyrrole nitrogens is 1. The Morgan fingerprint density at radius 2 is 2.00 bits per heavy atom. The van der Waals surface area contributed by atoms with Crippen LogP contribution in [-0.4, -0.2) is 15.9 Å². The van der Waals surface area contributed by atoms with Gasteiger partial charge in [-0.1, -0.05) is 24.3 Å². The largest absolute Gasteiger partial charge is 0.370 e. The molecule has 0 fully saturated rings. The van der Waals surface area contributed by atoms with Crippen LogP contribution in [0.25, 0.3) is 11.0 Å². The molecule has 6 heteroatoms. The number of halogens is 1. The third-order valence-corrected chi connectivity index (χ3v) is 3.45. The molecule has 5 nitrogen and oxygen atoms in total. The van der Waals surface area contributed by atoms with Gasteiger partial charge in [0.05, 0.1) is 11.0 Å². The first kappa shape index (κ1) is 17.3. The van der Waals surface area contributed by atoms with Gasteiger partial charge in [0.25, 0.3) is 0 Å². The second-order valence-corrected chi connectivity index (χ2v) is 5.35. The van der Waals surface area contributed by atoms with E-state index in [2.05, 4.69) is 20.3 Å². The summed E-state index contributed by atoms with van der Waals surface area (Å²) in [7, 11) is 0. The van der Waals surface area contributed by atoms with Gasteiger partial charge in [-0.15, -0.1) is 24.0 Å². The van der Waals surface area contributed by atoms with Crippen molar-refractivity contribution < 1.29 is 0 Å². The number of aryl methyl sites for hydroxylation is 2. The van der Waals surface area contributed by atoms with Gasteiger partial charge in [-0.25, -0.2) is 9.98 Å². The number of guanidine groups is 1. The minimum Gasteiger partial charge on any atom is -0.370 e. The number of nitrogens with zero attached hydrogens (tertiary/aromatic N) is 2. The van der Waals surface area contributed by atoms with Gasteiger partial charge in [0.15, 0.2) is 5.96 Å². The van der Waals surface area contributed by atoms with E-state index in [1.807, 2.05) is 56.3 Å². The minimum atomic E-state index is 0. The molecule has 1 heterocycles. The van der Waals surface area contributed by atoms with Crippen molar-refractivity contribution in [3.05, 3.63) is 59.4 Å². The number of aromatic nitrogens is 2. The molecular weight excluding hydrogens is 401 g/mol. The number of hydrogen-bond donors (Lipinski definition) is 3. The number of para-hydroxylation sites is 1. The lowest BCUT2D eigenvalue weighted by Crippen LogP contribution is -2.22. The van der Waals surface area contributed by atoms with Crippen LogP contribution in [0.5, 0.6) is 0 Å². The van der Waals surface area contributed by atoms with E-state index in [1.54, 1.807) is 0 Å². The molecule has 3 aromatic rings. The molecule has 0 bridgehead atoms. The fourth-order valence-corrected chi connectivity index (χ4v) is 2.37. The van der Waals surface area contributed by atoms with Crippen LogP contribution >= 0.6 is 24.0 Å². The van der Waals surface area contributed by atoms with Gasteiger partial charge in [-0.3, -0.25) is 0 Å². The predicted molar refractivity (Wildman–Crippen MR) is 106 cm³/mol. The van der Waals surface area contributed by atoms with Gasteiger partial charge in [0, 0.05) is 5.69 Å². The first-order chi connectivity index (χ1) is 10.6. The molecule has 0 saturated heterocycles. The smallest absolute Gasteiger partial charge is 0.193 e. The summed E-state index contributed by atoms with van der Waals surface area (Å²) in [6.07, 6.45) is 0. The Morgan fingerprint density at radius 3 is 2.74 bits per heavy atom. The second-order valence-electron chi connectivity index (χ2n) is 5.35. The molecular formula is C17H20IN5. The van der Waals surface area contributed by atoms with Crippen molar-refractivity contribution in [2.24, 2.45) is 10.7 Å². The van der Waals surface area contributed by atoms with E-state index in [1.165, 1.54) is 5.56 Å². The number of benzene rings is 2. The van der Waals surface area contributed by atoms with Crippen LogP contribution in [0.2, 0.25) is 0 Å². The van der Waals surface area contributed by atoms with E-state index in [4.69, 9.17) is 5.73 Å². The molecule has 0 aliphatic heterocycles. The highest BCUT2D eigenvalue weighted by Gasteiger charge is 2.04. The zero-order valence-corrected chi connectivity index (χ0v) is 15.5. The van der Waals surface area contributed by atoms with Crippen LogP contribution in [0.15, 0.2) is 47.5 Å². The molecule has 0 radical (unpaired) electrons. The molecule has 0 spiro atoms. The summed E-state index contributed by atoms with van der Waals surface area (Å²) in [4.78, 5) is 12.2. The van der Waals surface area contributed by atoms with Crippen molar-refractivity contribution in [3.63, 3.8) is 0 Å². The maximum absolute atomic E-state index is 5.92. The molecule has 4 N–H and O–H groups in total. The third-order valence-electron chi connectivity index (χ3n) is 3.45. The molecule has 120 valence electrons. The molecule has 0 aliphatic rings. The Morgan fingerprint density at radius 1 is 1.22 bits per heavy atom. The summed E-state index contributed by atoms with van der Waals surface area (Å²) in [5, 5.41) is 3.08. The van der Waals surface area contributed by atoms with Gasteiger partial charge in [0.2, 0.25) is 0 Å². The number of rotatable bonds is 3. The molecule has 0 unspecified atom stereocenters. The van der Waals surface area contributed by atoms with Crippen LogP contribution in [0.4, 0.5) is 5.69 Å². The monoisotopic (exact) mass is 421 g/mol. The lowest BCUT2D eigenvalue weighted by atomic mass is 10.2. The summed E-state index contributed by atoms with van der Waals surface area (Å²) in [5.41, 5.74) is 11.2. The lowest BCUT2D eigenvalue weighted by Gasteiger charge is -2.05. The summed E-state index contributed by atoms with van der Waals surface area (Å²) in [6.45, 7) is 4.50. The number of anilines is 1. The summed E-state index contributed by atoms with van der Waals surface area (Å²) in [5.74, 6) is 1.18. The van der Waals surface area contributed by atoms with E-state index in [-0.39, 0.29) is 24.0 Å². The fourth-order valence-electron chi connectivity index (χ4n) is 2.37. The SMILES string of the molecule is Cc1cccc(NC(N)=NCc2nc3c(C)cccc3[nH]2)c1.I. The summed E-state index contributed by atoms with van der Waals surface area (Å²) in [6, 6.07) is 14.1. The van der Waals surface area contributed by atoms with E-state index < -0.39 is 0 Å². The number of hydrogen-bond acceptors (Lipinski definition) is 2. The van der Waals surface area contributed by atoms with Crippen LogP contribution in [0.1, 0.15) is 17.0 Å². The normalized spacial score (nSPS) is 11.3. The summed E-state index contributed by atoms with van der Waals surface area (Å²) < 4.78 is 0. The number of aliphatic imine (C=N–C) groups is 1. The summed E-state index contributed by atoms with van der Waals surface area (Å²) >= 11 is 0. The number of imidazole rings is 1. The molecule has 1 aromatic heterocycles. The van der Waals surface area contributed by atoms with E-state index in [9.17, 15) is 0 Å². The van der Waals surface area contributed by atoms with Crippen LogP contribution in [0.3, 0.4) is 0 Å². The topological polar surface area (TPSA) is 79.1 Å². The molecule has 2 aromatic carbocycles.